The van der Waals surface area contributed by atoms with Gasteiger partial charge in [0, 0.05) is 12.1 Å². The number of likely N-dealkylation sites (N-methyl/N-ethyl adjacent to an activating group) is 1. The lowest BCUT2D eigenvalue weighted by Crippen LogP contribution is -2.20. The van der Waals surface area contributed by atoms with Crippen molar-refractivity contribution >= 4 is 5.97 Å². The molecule has 0 saturated heterocycles. The maximum Gasteiger partial charge on any atom is 0.333 e. The Balaban J connectivity index is 3.68. The molecule has 0 rings (SSSR count). The second kappa shape index (κ2) is 15.2. The van der Waals surface area contributed by atoms with Gasteiger partial charge in [0.1, 0.15) is 6.61 Å². The summed E-state index contributed by atoms with van der Waals surface area (Å²) in [5.74, 6) is 2.20. The maximum atomic E-state index is 11.8. The molecule has 26 heavy (non-hydrogen) atoms. The van der Waals surface area contributed by atoms with Gasteiger partial charge in [-0.2, -0.15) is 0 Å². The first kappa shape index (κ1) is 25.2. The molecule has 0 aliphatic rings. The van der Waals surface area contributed by atoms with Crippen molar-refractivity contribution in [3.8, 4) is 0 Å². The van der Waals surface area contributed by atoms with Crippen LogP contribution in [-0.4, -0.2) is 38.1 Å². The van der Waals surface area contributed by atoms with E-state index in [0.29, 0.717) is 12.2 Å². The molecule has 0 spiro atoms. The minimum Gasteiger partial charge on any atom is -0.461 e. The van der Waals surface area contributed by atoms with E-state index >= 15 is 0 Å². The summed E-state index contributed by atoms with van der Waals surface area (Å²) in [4.78, 5) is 13.8. The molecule has 0 amide bonds. The van der Waals surface area contributed by atoms with Gasteiger partial charge in [0.2, 0.25) is 0 Å². The highest BCUT2D eigenvalue weighted by Gasteiger charge is 2.10. The Bertz CT molecular complexity index is 376. The first-order valence-electron chi connectivity index (χ1n) is 10.7. The average molecular weight is 368 g/mol. The molecule has 0 fully saturated rings. The van der Waals surface area contributed by atoms with Crippen LogP contribution in [0.15, 0.2) is 12.2 Å². The van der Waals surface area contributed by atoms with Crippen LogP contribution in [0.3, 0.4) is 0 Å². The molecule has 3 heteroatoms. The fourth-order valence-corrected chi connectivity index (χ4v) is 3.17. The molecule has 0 aliphatic heterocycles. The van der Waals surface area contributed by atoms with Crippen LogP contribution >= 0.6 is 0 Å². The Morgan fingerprint density at radius 2 is 1.38 bits per heavy atom. The van der Waals surface area contributed by atoms with E-state index in [1.165, 1.54) is 44.9 Å². The van der Waals surface area contributed by atoms with Crippen LogP contribution in [0.4, 0.5) is 0 Å². The third kappa shape index (κ3) is 15.4. The lowest BCUT2D eigenvalue weighted by atomic mass is 9.91. The minimum atomic E-state index is -0.227. The lowest BCUT2D eigenvalue weighted by molar-refractivity contribution is -0.139. The second-order valence-electron chi connectivity index (χ2n) is 8.90. The molecular formula is C23H45NO2. The summed E-state index contributed by atoms with van der Waals surface area (Å²) in [6.07, 6.45) is 11.1. The molecule has 0 aromatic rings. The summed E-state index contributed by atoms with van der Waals surface area (Å²) in [5.41, 5.74) is 0.620. The number of esters is 1. The molecule has 3 nitrogen and oxygen atoms in total. The molecule has 0 aromatic heterocycles. The summed E-state index contributed by atoms with van der Waals surface area (Å²) in [6.45, 7) is 14.4. The zero-order valence-corrected chi connectivity index (χ0v) is 18.5. The topological polar surface area (TPSA) is 29.5 Å². The lowest BCUT2D eigenvalue weighted by Gasteiger charge is -2.15. The van der Waals surface area contributed by atoms with Gasteiger partial charge in [-0.3, -0.25) is 0 Å². The van der Waals surface area contributed by atoms with Crippen molar-refractivity contribution in [1.82, 2.24) is 4.90 Å². The number of nitrogens with zero attached hydrogens (tertiary/aromatic N) is 1. The van der Waals surface area contributed by atoms with E-state index in [-0.39, 0.29) is 5.97 Å². The van der Waals surface area contributed by atoms with E-state index in [0.717, 1.165) is 37.1 Å². The van der Waals surface area contributed by atoms with E-state index in [1.54, 1.807) is 0 Å². The number of carbonyl (C=O) groups excluding carboxylic acids is 1. The fraction of sp³-hybridized carbons (Fsp3) is 0.870. The van der Waals surface area contributed by atoms with E-state index in [2.05, 4.69) is 34.3 Å². The van der Waals surface area contributed by atoms with Gasteiger partial charge in [0.15, 0.2) is 0 Å². The van der Waals surface area contributed by atoms with Crippen molar-refractivity contribution in [2.24, 2.45) is 17.8 Å². The third-order valence-corrected chi connectivity index (χ3v) is 5.11. The predicted molar refractivity (Wildman–Crippen MR) is 113 cm³/mol. The van der Waals surface area contributed by atoms with Crippen LogP contribution in [-0.2, 0) is 9.53 Å². The van der Waals surface area contributed by atoms with E-state index in [4.69, 9.17) is 4.74 Å². The van der Waals surface area contributed by atoms with Crippen molar-refractivity contribution in [1.29, 1.82) is 0 Å². The van der Waals surface area contributed by atoms with Crippen LogP contribution in [0.5, 0.6) is 0 Å². The molecule has 154 valence electrons. The van der Waals surface area contributed by atoms with Gasteiger partial charge < -0.3 is 9.64 Å². The van der Waals surface area contributed by atoms with Gasteiger partial charge in [-0.1, -0.05) is 79.2 Å². The average Bonchev–Trinajstić information content (AvgIpc) is 2.53. The largest absolute Gasteiger partial charge is 0.461 e. The molecular weight excluding hydrogens is 322 g/mol. The van der Waals surface area contributed by atoms with Crippen LogP contribution in [0.1, 0.15) is 85.5 Å². The second-order valence-corrected chi connectivity index (χ2v) is 8.90. The molecule has 0 aliphatic carbocycles. The van der Waals surface area contributed by atoms with Crippen molar-refractivity contribution in [3.63, 3.8) is 0 Å². The van der Waals surface area contributed by atoms with Crippen molar-refractivity contribution in [2.75, 3.05) is 27.2 Å². The molecule has 0 radical (unpaired) electrons. The van der Waals surface area contributed by atoms with Crippen LogP contribution < -0.4 is 0 Å². The molecule has 2 unspecified atom stereocenters. The summed E-state index contributed by atoms with van der Waals surface area (Å²) >= 11 is 0. The minimum absolute atomic E-state index is 0.227. The standard InChI is InChI=1S/C23H45NO2/c1-19(2)11-8-12-20(3)13-9-14-21(4)15-10-16-22(5)23(25)26-18-17-24(6)7/h19-21H,5,8-18H2,1-4,6-7H3. The normalized spacial score (nSPS) is 13.8. The highest BCUT2D eigenvalue weighted by Crippen LogP contribution is 2.22. The molecule has 0 heterocycles. The molecule has 0 N–H and O–H groups in total. The Morgan fingerprint density at radius 1 is 0.885 bits per heavy atom. The van der Waals surface area contributed by atoms with Crippen molar-refractivity contribution < 1.29 is 9.53 Å². The van der Waals surface area contributed by atoms with Gasteiger partial charge in [0.25, 0.3) is 0 Å². The van der Waals surface area contributed by atoms with Crippen LogP contribution in [0.2, 0.25) is 0 Å². The number of carbonyl (C=O) groups is 1. The number of hydrogen-bond donors (Lipinski definition) is 0. The molecule has 2 atom stereocenters. The first-order chi connectivity index (χ1) is 12.2. The maximum absolute atomic E-state index is 11.8. The SMILES string of the molecule is C=C(CCCC(C)CCCC(C)CCCC(C)C)C(=O)OCCN(C)C. The Kier molecular flexibility index (Phi) is 14.8. The Labute approximate surface area is 163 Å². The summed E-state index contributed by atoms with van der Waals surface area (Å²) in [7, 11) is 3.94. The smallest absolute Gasteiger partial charge is 0.333 e. The first-order valence-corrected chi connectivity index (χ1v) is 10.7. The monoisotopic (exact) mass is 367 g/mol. The predicted octanol–water partition coefficient (Wildman–Crippen LogP) is 6.09. The summed E-state index contributed by atoms with van der Waals surface area (Å²) in [5, 5.41) is 0. The number of rotatable bonds is 16. The van der Waals surface area contributed by atoms with Gasteiger partial charge in [-0.25, -0.2) is 4.79 Å². The molecule has 0 aromatic carbocycles. The van der Waals surface area contributed by atoms with Gasteiger partial charge in [-0.15, -0.1) is 0 Å². The van der Waals surface area contributed by atoms with Crippen LogP contribution in [0.25, 0.3) is 0 Å². The number of hydrogen-bond acceptors (Lipinski definition) is 3. The van der Waals surface area contributed by atoms with Gasteiger partial charge in [-0.05, 0) is 44.7 Å². The summed E-state index contributed by atoms with van der Waals surface area (Å²) in [6, 6.07) is 0. The highest BCUT2D eigenvalue weighted by atomic mass is 16.5. The molecule has 0 saturated carbocycles. The Morgan fingerprint density at radius 3 is 1.88 bits per heavy atom. The van der Waals surface area contributed by atoms with Crippen molar-refractivity contribution in [2.45, 2.75) is 85.5 Å². The Hall–Kier alpha value is -0.830. The third-order valence-electron chi connectivity index (χ3n) is 5.11. The van der Waals surface area contributed by atoms with E-state index < -0.39 is 0 Å². The zero-order valence-electron chi connectivity index (χ0n) is 18.5. The molecule has 0 bridgehead atoms. The van der Waals surface area contributed by atoms with E-state index in [1.807, 2.05) is 19.0 Å². The zero-order chi connectivity index (χ0) is 19.9. The van der Waals surface area contributed by atoms with Gasteiger partial charge >= 0.3 is 5.97 Å². The summed E-state index contributed by atoms with van der Waals surface area (Å²) < 4.78 is 5.23. The quantitative estimate of drug-likeness (QED) is 0.244. The number of ether oxygens (including phenoxy) is 1. The van der Waals surface area contributed by atoms with Crippen molar-refractivity contribution in [3.05, 3.63) is 12.2 Å². The van der Waals surface area contributed by atoms with Gasteiger partial charge in [0.05, 0.1) is 0 Å². The highest BCUT2D eigenvalue weighted by molar-refractivity contribution is 5.87. The fourth-order valence-electron chi connectivity index (χ4n) is 3.17. The van der Waals surface area contributed by atoms with E-state index in [9.17, 15) is 4.79 Å². The van der Waals surface area contributed by atoms with Crippen LogP contribution in [0, 0.1) is 17.8 Å².